The van der Waals surface area contributed by atoms with Gasteiger partial charge in [-0.3, -0.25) is 0 Å². The zero-order valence-electron chi connectivity index (χ0n) is 7.35. The van der Waals surface area contributed by atoms with Crippen LogP contribution in [-0.4, -0.2) is 0 Å². The van der Waals surface area contributed by atoms with Gasteiger partial charge in [0, 0.05) is 0 Å². The average Bonchev–Trinajstić information content (AvgIpc) is 1.97. The molecule has 0 heterocycles. The highest BCUT2D eigenvalue weighted by Crippen LogP contribution is 1.99. The van der Waals surface area contributed by atoms with Crippen LogP contribution in [0, 0.1) is 0 Å². The minimum atomic E-state index is 1.14. The molecule has 0 unspecified atom stereocenters. The fourth-order valence-corrected chi connectivity index (χ4v) is 0.744. The second-order valence-corrected chi connectivity index (χ2v) is 2.55. The van der Waals surface area contributed by atoms with E-state index in [9.17, 15) is 0 Å². The molecule has 0 rings (SSSR count). The van der Waals surface area contributed by atoms with Crippen molar-refractivity contribution >= 4 is 0 Å². The van der Waals surface area contributed by atoms with Crippen molar-refractivity contribution in [3.05, 3.63) is 23.8 Å². The zero-order chi connectivity index (χ0) is 7.82. The monoisotopic (exact) mass is 138 g/mol. The molecule has 0 aliphatic heterocycles. The Labute approximate surface area is 64.6 Å². The van der Waals surface area contributed by atoms with Crippen molar-refractivity contribution in [3.8, 4) is 0 Å². The number of hydrogen-bond donors (Lipinski definition) is 0. The van der Waals surface area contributed by atoms with Gasteiger partial charge in [0.2, 0.25) is 0 Å². The molecule has 0 bridgehead atoms. The Bertz CT molecular complexity index is 118. The van der Waals surface area contributed by atoms with E-state index in [0.717, 1.165) is 6.42 Å². The molecular weight excluding hydrogens is 120 g/mol. The molecule has 0 fully saturated rings. The van der Waals surface area contributed by atoms with Gasteiger partial charge < -0.3 is 0 Å². The van der Waals surface area contributed by atoms with Crippen LogP contribution >= 0.6 is 0 Å². The predicted molar refractivity (Wildman–Crippen MR) is 48.1 cm³/mol. The molecule has 0 nitrogen and oxygen atoms in total. The maximum atomic E-state index is 2.28. The van der Waals surface area contributed by atoms with Gasteiger partial charge in [-0.1, -0.05) is 44.1 Å². The number of allylic oxidation sites excluding steroid dienone is 4. The van der Waals surface area contributed by atoms with Crippen LogP contribution < -0.4 is 0 Å². The van der Waals surface area contributed by atoms with E-state index in [1.165, 1.54) is 18.4 Å². The predicted octanol–water partition coefficient (Wildman–Crippen LogP) is 3.70. The summed E-state index contributed by atoms with van der Waals surface area (Å²) >= 11 is 0. The summed E-state index contributed by atoms with van der Waals surface area (Å²) in [4.78, 5) is 0. The lowest BCUT2D eigenvalue weighted by Gasteiger charge is -1.89. The molecule has 10 heavy (non-hydrogen) atoms. The molecule has 0 amide bonds. The minimum absolute atomic E-state index is 1.14. The van der Waals surface area contributed by atoms with Gasteiger partial charge in [0.15, 0.2) is 0 Å². The van der Waals surface area contributed by atoms with Gasteiger partial charge in [-0.2, -0.15) is 0 Å². The third-order valence-electron chi connectivity index (χ3n) is 1.37. The number of hydrogen-bond acceptors (Lipinski definition) is 0. The van der Waals surface area contributed by atoms with Crippen LogP contribution in [0.3, 0.4) is 0 Å². The van der Waals surface area contributed by atoms with Crippen molar-refractivity contribution in [2.24, 2.45) is 0 Å². The molecule has 0 heteroatoms. The number of unbranched alkanes of at least 4 members (excludes halogenated alkanes) is 1. The first kappa shape index (κ1) is 9.48. The Morgan fingerprint density at radius 3 is 2.50 bits per heavy atom. The van der Waals surface area contributed by atoms with Crippen LogP contribution in [0.25, 0.3) is 0 Å². The normalized spacial score (nSPS) is 12.9. The van der Waals surface area contributed by atoms with Gasteiger partial charge in [0.25, 0.3) is 0 Å². The fourth-order valence-electron chi connectivity index (χ4n) is 0.744. The first-order valence-corrected chi connectivity index (χ1v) is 4.14. The second-order valence-electron chi connectivity index (χ2n) is 2.55. The summed E-state index contributed by atoms with van der Waals surface area (Å²) in [6.07, 6.45) is 10.3. The molecule has 0 radical (unpaired) electrons. The second kappa shape index (κ2) is 6.60. The van der Waals surface area contributed by atoms with Crippen molar-refractivity contribution in [2.45, 2.75) is 40.0 Å². The van der Waals surface area contributed by atoms with E-state index in [-0.39, 0.29) is 0 Å². The standard InChI is InChI=1S/C10H18/c1-4-6-8-10(3)9-7-5-2/h6,8-9H,4-5,7H2,1-3H3. The number of rotatable bonds is 4. The van der Waals surface area contributed by atoms with Gasteiger partial charge >= 0.3 is 0 Å². The van der Waals surface area contributed by atoms with Gasteiger partial charge in [-0.25, -0.2) is 0 Å². The third kappa shape index (κ3) is 5.61. The molecular formula is C10H18. The Morgan fingerprint density at radius 1 is 1.30 bits per heavy atom. The quantitative estimate of drug-likeness (QED) is 0.520. The van der Waals surface area contributed by atoms with Crippen LogP contribution in [0.15, 0.2) is 23.8 Å². The largest absolute Gasteiger partial charge is 0.0846 e. The minimum Gasteiger partial charge on any atom is -0.0846 e. The van der Waals surface area contributed by atoms with Crippen molar-refractivity contribution in [2.75, 3.05) is 0 Å². The lowest BCUT2D eigenvalue weighted by atomic mass is 10.2. The molecule has 0 saturated heterocycles. The van der Waals surface area contributed by atoms with Crippen molar-refractivity contribution in [1.82, 2.24) is 0 Å². The van der Waals surface area contributed by atoms with Crippen LogP contribution in [0.2, 0.25) is 0 Å². The Hall–Kier alpha value is -0.520. The van der Waals surface area contributed by atoms with E-state index < -0.39 is 0 Å². The summed E-state index contributed by atoms with van der Waals surface area (Å²) in [5.74, 6) is 0. The summed E-state index contributed by atoms with van der Waals surface area (Å²) in [6.45, 7) is 6.51. The molecule has 0 aromatic heterocycles. The molecule has 0 spiro atoms. The van der Waals surface area contributed by atoms with Crippen molar-refractivity contribution in [1.29, 1.82) is 0 Å². The van der Waals surface area contributed by atoms with Gasteiger partial charge in [0.05, 0.1) is 0 Å². The topological polar surface area (TPSA) is 0 Å². The van der Waals surface area contributed by atoms with Crippen LogP contribution in [0.4, 0.5) is 0 Å². The van der Waals surface area contributed by atoms with Crippen LogP contribution in [-0.2, 0) is 0 Å². The average molecular weight is 138 g/mol. The molecule has 58 valence electrons. The first-order chi connectivity index (χ1) is 4.81. The molecule has 0 saturated carbocycles. The maximum Gasteiger partial charge on any atom is -0.0348 e. The maximum absolute atomic E-state index is 2.28. The molecule has 0 aromatic rings. The SMILES string of the molecule is CCC=CC(C)=CCCC. The summed E-state index contributed by atoms with van der Waals surface area (Å²) in [7, 11) is 0. The van der Waals surface area contributed by atoms with E-state index in [4.69, 9.17) is 0 Å². The molecule has 0 aliphatic rings. The highest BCUT2D eigenvalue weighted by molar-refractivity contribution is 5.15. The van der Waals surface area contributed by atoms with Crippen molar-refractivity contribution in [3.63, 3.8) is 0 Å². The van der Waals surface area contributed by atoms with Gasteiger partial charge in [0.1, 0.15) is 0 Å². The molecule has 0 atom stereocenters. The Morgan fingerprint density at radius 2 is 2.00 bits per heavy atom. The first-order valence-electron chi connectivity index (χ1n) is 4.14. The molecule has 0 aromatic carbocycles. The van der Waals surface area contributed by atoms with Crippen molar-refractivity contribution < 1.29 is 0 Å². The lowest BCUT2D eigenvalue weighted by molar-refractivity contribution is 0.952. The van der Waals surface area contributed by atoms with E-state index in [0.29, 0.717) is 0 Å². The van der Waals surface area contributed by atoms with Gasteiger partial charge in [-0.05, 0) is 19.8 Å². The highest BCUT2D eigenvalue weighted by Gasteiger charge is 1.78. The fraction of sp³-hybridized carbons (Fsp3) is 0.600. The summed E-state index contributed by atoms with van der Waals surface area (Å²) in [5, 5.41) is 0. The summed E-state index contributed by atoms with van der Waals surface area (Å²) in [5.41, 5.74) is 1.39. The Kier molecular flexibility index (Phi) is 6.25. The van der Waals surface area contributed by atoms with E-state index >= 15 is 0 Å². The van der Waals surface area contributed by atoms with E-state index in [1.807, 2.05) is 0 Å². The summed E-state index contributed by atoms with van der Waals surface area (Å²) < 4.78 is 0. The Balaban J connectivity index is 3.59. The van der Waals surface area contributed by atoms with Crippen LogP contribution in [0.5, 0.6) is 0 Å². The zero-order valence-corrected chi connectivity index (χ0v) is 7.35. The summed E-state index contributed by atoms with van der Waals surface area (Å²) in [6, 6.07) is 0. The van der Waals surface area contributed by atoms with E-state index in [1.54, 1.807) is 0 Å². The molecule has 0 N–H and O–H groups in total. The van der Waals surface area contributed by atoms with Gasteiger partial charge in [-0.15, -0.1) is 0 Å². The smallest absolute Gasteiger partial charge is 0.0348 e. The molecule has 0 aliphatic carbocycles. The highest BCUT2D eigenvalue weighted by atomic mass is 13.9. The van der Waals surface area contributed by atoms with Crippen LogP contribution in [0.1, 0.15) is 40.0 Å². The third-order valence-corrected chi connectivity index (χ3v) is 1.37. The van der Waals surface area contributed by atoms with E-state index in [2.05, 4.69) is 39.0 Å². The lowest BCUT2D eigenvalue weighted by Crippen LogP contribution is -1.68.